The highest BCUT2D eigenvalue weighted by Gasteiger charge is 2.25. The van der Waals surface area contributed by atoms with E-state index in [0.29, 0.717) is 12.3 Å². The van der Waals surface area contributed by atoms with Crippen LogP contribution in [0.3, 0.4) is 0 Å². The minimum Gasteiger partial charge on any atom is -0.295 e. The second kappa shape index (κ2) is 9.74. The molecule has 0 saturated carbocycles. The predicted octanol–water partition coefficient (Wildman–Crippen LogP) is 4.76. The molecule has 1 nitrogen and oxygen atoms in total. The number of rotatable bonds is 8. The van der Waals surface area contributed by atoms with Gasteiger partial charge in [-0.2, -0.15) is 0 Å². The molecule has 138 valence electrons. The second-order valence-corrected chi connectivity index (χ2v) is 10.1. The molecular weight excluding hydrogens is 371 g/mol. The number of carbonyl (C=O) groups excluding carboxylic acids is 1. The first-order valence-electron chi connectivity index (χ1n) is 9.27. The van der Waals surface area contributed by atoms with Gasteiger partial charge in [0.2, 0.25) is 0 Å². The molecule has 3 heteroatoms. The highest BCUT2D eigenvalue weighted by Crippen LogP contribution is 2.43. The maximum absolute atomic E-state index is 13.0. The largest absolute Gasteiger partial charge is 0.295 e. The molecule has 27 heavy (non-hydrogen) atoms. The third kappa shape index (κ3) is 4.61. The van der Waals surface area contributed by atoms with Crippen molar-refractivity contribution < 1.29 is 4.79 Å². The maximum atomic E-state index is 13.0. The van der Waals surface area contributed by atoms with Crippen LogP contribution in [0.4, 0.5) is 0 Å². The quantitative estimate of drug-likeness (QED) is 0.306. The molecule has 0 radical (unpaired) electrons. The lowest BCUT2D eigenvalue weighted by Crippen LogP contribution is -2.28. The zero-order valence-electron chi connectivity index (χ0n) is 15.3. The van der Waals surface area contributed by atoms with Crippen molar-refractivity contribution in [1.29, 1.82) is 0 Å². The number of ketones is 1. The predicted molar refractivity (Wildman–Crippen MR) is 121 cm³/mol. The number of unbranched alkanes of at least 4 members (excludes halogenated alkanes) is 1. The Kier molecular flexibility index (Phi) is 7.10. The SMILES string of the molecule is O=C(C=P(c1ccccc1)(c1ccccc1)c1ccccc1)CCCCCl. The molecule has 0 aliphatic carbocycles. The molecule has 0 spiro atoms. The van der Waals surface area contributed by atoms with Gasteiger partial charge in [-0.3, -0.25) is 4.79 Å². The average Bonchev–Trinajstić information content (AvgIpc) is 2.74. The number of alkyl halides is 1. The van der Waals surface area contributed by atoms with Gasteiger partial charge in [-0.15, -0.1) is 11.6 Å². The highest BCUT2D eigenvalue weighted by molar-refractivity contribution is 7.95. The molecule has 0 atom stereocenters. The van der Waals surface area contributed by atoms with Crippen LogP contribution in [-0.4, -0.2) is 17.5 Å². The molecule has 3 rings (SSSR count). The molecular formula is C24H24ClOP. The Morgan fingerprint density at radius 1 is 0.704 bits per heavy atom. The first-order chi connectivity index (χ1) is 13.3. The number of Topliss-reactive ketones (excluding diaryl/α,β-unsaturated/α-hetero) is 1. The van der Waals surface area contributed by atoms with Crippen LogP contribution in [0.1, 0.15) is 19.3 Å². The van der Waals surface area contributed by atoms with Gasteiger partial charge in [0.1, 0.15) is 0 Å². The van der Waals surface area contributed by atoms with E-state index in [0.717, 1.165) is 12.8 Å². The van der Waals surface area contributed by atoms with E-state index in [9.17, 15) is 4.79 Å². The van der Waals surface area contributed by atoms with Crippen molar-refractivity contribution in [3.05, 3.63) is 91.0 Å². The Morgan fingerprint density at radius 2 is 1.11 bits per heavy atom. The van der Waals surface area contributed by atoms with Crippen LogP contribution >= 0.6 is 18.5 Å². The van der Waals surface area contributed by atoms with Gasteiger partial charge in [0.15, 0.2) is 5.78 Å². The van der Waals surface area contributed by atoms with Crippen LogP contribution in [-0.2, 0) is 4.79 Å². The molecule has 0 heterocycles. The van der Waals surface area contributed by atoms with Crippen molar-refractivity contribution in [2.75, 3.05) is 5.88 Å². The average molecular weight is 395 g/mol. The summed E-state index contributed by atoms with van der Waals surface area (Å²) in [6.45, 7) is -2.17. The van der Waals surface area contributed by atoms with Gasteiger partial charge in [-0.05, 0) is 41.4 Å². The third-order valence-corrected chi connectivity index (χ3v) is 8.92. The number of hydrogen-bond acceptors (Lipinski definition) is 1. The zero-order chi connectivity index (χ0) is 19.0. The van der Waals surface area contributed by atoms with Crippen molar-refractivity contribution in [3.63, 3.8) is 0 Å². The molecule has 0 unspecified atom stereocenters. The number of benzene rings is 3. The molecule has 0 aliphatic rings. The van der Waals surface area contributed by atoms with E-state index in [4.69, 9.17) is 11.6 Å². The monoisotopic (exact) mass is 394 g/mol. The Hall–Kier alpha value is -2.08. The van der Waals surface area contributed by atoms with Crippen molar-refractivity contribution in [2.45, 2.75) is 19.3 Å². The standard InChI is InChI=1S/C24H24ClOP/c25-19-11-10-12-21(26)20-27(22-13-4-1-5-14-22,23-15-6-2-7-16-23)24-17-8-3-9-18-24/h1-9,13-18,20H,10-12,19H2. The van der Waals surface area contributed by atoms with Gasteiger partial charge in [-0.1, -0.05) is 91.0 Å². The lowest BCUT2D eigenvalue weighted by Gasteiger charge is -2.28. The van der Waals surface area contributed by atoms with E-state index in [1.807, 2.05) is 24.0 Å². The van der Waals surface area contributed by atoms with Crippen LogP contribution in [0, 0.1) is 0 Å². The summed E-state index contributed by atoms with van der Waals surface area (Å²) in [5.41, 5.74) is 0. The summed E-state index contributed by atoms with van der Waals surface area (Å²) < 4.78 is 0. The van der Waals surface area contributed by atoms with Crippen molar-refractivity contribution >= 4 is 46.0 Å². The van der Waals surface area contributed by atoms with Crippen LogP contribution in [0.15, 0.2) is 91.0 Å². The normalized spacial score (nSPS) is 11.1. The van der Waals surface area contributed by atoms with Crippen LogP contribution in [0.5, 0.6) is 0 Å². The highest BCUT2D eigenvalue weighted by atomic mass is 35.5. The van der Waals surface area contributed by atoms with Crippen LogP contribution in [0.2, 0.25) is 0 Å². The minimum absolute atomic E-state index is 0.199. The Labute approximate surface area is 167 Å². The molecule has 3 aromatic rings. The summed E-state index contributed by atoms with van der Waals surface area (Å²) in [5.74, 6) is 2.82. The molecule has 0 N–H and O–H groups in total. The first-order valence-corrected chi connectivity index (χ1v) is 11.7. The zero-order valence-corrected chi connectivity index (χ0v) is 16.9. The molecule has 0 aromatic heterocycles. The summed E-state index contributed by atoms with van der Waals surface area (Å²) in [4.78, 5) is 13.0. The van der Waals surface area contributed by atoms with Crippen molar-refractivity contribution in [3.8, 4) is 0 Å². The fourth-order valence-electron chi connectivity index (χ4n) is 3.33. The number of halogens is 1. The van der Waals surface area contributed by atoms with Gasteiger partial charge in [0.05, 0.1) is 0 Å². The van der Waals surface area contributed by atoms with Gasteiger partial charge >= 0.3 is 0 Å². The van der Waals surface area contributed by atoms with E-state index < -0.39 is 6.89 Å². The summed E-state index contributed by atoms with van der Waals surface area (Å²) in [6, 6.07) is 31.3. The second-order valence-electron chi connectivity index (χ2n) is 6.47. The Balaban J connectivity index is 2.25. The lowest BCUT2D eigenvalue weighted by atomic mass is 10.2. The topological polar surface area (TPSA) is 17.1 Å². The van der Waals surface area contributed by atoms with Crippen molar-refractivity contribution in [1.82, 2.24) is 0 Å². The van der Waals surface area contributed by atoms with Gasteiger partial charge in [-0.25, -0.2) is 0 Å². The third-order valence-electron chi connectivity index (χ3n) is 4.63. The Morgan fingerprint density at radius 3 is 1.48 bits per heavy atom. The van der Waals surface area contributed by atoms with Gasteiger partial charge < -0.3 is 0 Å². The van der Waals surface area contributed by atoms with E-state index >= 15 is 0 Å². The molecule has 0 fully saturated rings. The fraction of sp³-hybridized carbons (Fsp3) is 0.167. The molecule has 0 aliphatic heterocycles. The van der Waals surface area contributed by atoms with Gasteiger partial charge in [0, 0.05) is 12.3 Å². The fourth-order valence-corrected chi connectivity index (χ4v) is 7.35. The first kappa shape index (κ1) is 19.7. The van der Waals surface area contributed by atoms with Crippen LogP contribution < -0.4 is 15.9 Å². The minimum atomic E-state index is -2.17. The van der Waals surface area contributed by atoms with E-state index in [2.05, 4.69) is 72.8 Å². The van der Waals surface area contributed by atoms with Crippen LogP contribution in [0.25, 0.3) is 0 Å². The molecule has 0 saturated heterocycles. The number of carbonyl (C=O) groups is 1. The maximum Gasteiger partial charge on any atom is 0.156 e. The summed E-state index contributed by atoms with van der Waals surface area (Å²) in [7, 11) is 0. The number of hydrogen-bond donors (Lipinski definition) is 0. The summed E-state index contributed by atoms with van der Waals surface area (Å²) in [6.07, 6.45) is 2.24. The van der Waals surface area contributed by atoms with Crippen molar-refractivity contribution in [2.24, 2.45) is 0 Å². The molecule has 0 bridgehead atoms. The summed E-state index contributed by atoms with van der Waals surface area (Å²) in [5, 5.41) is 3.61. The lowest BCUT2D eigenvalue weighted by molar-refractivity contribution is -0.112. The van der Waals surface area contributed by atoms with Gasteiger partial charge in [0.25, 0.3) is 0 Å². The molecule has 0 amide bonds. The summed E-state index contributed by atoms with van der Waals surface area (Å²) >= 11 is 5.79. The smallest absolute Gasteiger partial charge is 0.156 e. The Bertz CT molecular complexity index is 801. The molecule has 3 aromatic carbocycles. The van der Waals surface area contributed by atoms with E-state index in [1.54, 1.807) is 0 Å². The van der Waals surface area contributed by atoms with E-state index in [1.165, 1.54) is 15.9 Å². The van der Waals surface area contributed by atoms with E-state index in [-0.39, 0.29) is 5.78 Å².